The second-order valence-electron chi connectivity index (χ2n) is 8.28. The quantitative estimate of drug-likeness (QED) is 0.232. The van der Waals surface area contributed by atoms with E-state index in [1.165, 1.54) is 53.9 Å². The molecule has 2 aliphatic rings. The number of benzene rings is 5. The number of hydrogen-bond acceptors (Lipinski definition) is 1. The number of rotatable bonds is 0. The normalized spacial score (nSPS) is 14.7. The van der Waals surface area contributed by atoms with Crippen LogP contribution in [0.4, 0.5) is 0 Å². The Morgan fingerprint density at radius 1 is 0.516 bits per heavy atom. The summed E-state index contributed by atoms with van der Waals surface area (Å²) in [5.41, 5.74) is 7.59. The Labute approximate surface area is 190 Å². The molecule has 2 heteroatoms. The first kappa shape index (κ1) is 17.7. The van der Waals surface area contributed by atoms with Gasteiger partial charge in [0.05, 0.1) is 5.41 Å². The molecule has 0 unspecified atom stereocenters. The monoisotopic (exact) mass is 432 g/mol. The van der Waals surface area contributed by atoms with Crippen LogP contribution in [-0.2, 0) is 5.41 Å². The third kappa shape index (κ3) is 2.23. The van der Waals surface area contributed by atoms with Crippen molar-refractivity contribution >= 4 is 34.1 Å². The van der Waals surface area contributed by atoms with Gasteiger partial charge in [0.15, 0.2) is 0 Å². The topological polar surface area (TPSA) is 0 Å². The van der Waals surface area contributed by atoms with Gasteiger partial charge in [-0.25, -0.2) is 0 Å². The van der Waals surface area contributed by atoms with Crippen molar-refractivity contribution in [3.05, 3.63) is 130 Å². The van der Waals surface area contributed by atoms with Crippen molar-refractivity contribution in [3.8, 4) is 11.1 Å². The van der Waals surface area contributed by atoms with Gasteiger partial charge in [-0.2, -0.15) is 0 Å². The molecular formula is C29H17ClS. The number of hydrogen-bond donors (Lipinski definition) is 0. The van der Waals surface area contributed by atoms with Crippen molar-refractivity contribution in [1.29, 1.82) is 0 Å². The van der Waals surface area contributed by atoms with Crippen LogP contribution in [0.5, 0.6) is 0 Å². The van der Waals surface area contributed by atoms with E-state index in [1.54, 1.807) is 0 Å². The molecule has 1 heterocycles. The molecule has 1 aliphatic carbocycles. The zero-order valence-corrected chi connectivity index (χ0v) is 18.2. The van der Waals surface area contributed by atoms with Crippen LogP contribution in [0.15, 0.2) is 113 Å². The van der Waals surface area contributed by atoms with Crippen LogP contribution in [0.2, 0.25) is 5.02 Å². The van der Waals surface area contributed by atoms with Crippen molar-refractivity contribution in [2.75, 3.05) is 0 Å². The molecule has 0 amide bonds. The summed E-state index contributed by atoms with van der Waals surface area (Å²) in [6, 6.07) is 37.5. The lowest BCUT2D eigenvalue weighted by atomic mass is 9.67. The SMILES string of the molecule is Clc1ccc2c(c1)C1(c3cc4ccccc4cc3S2)c2ccccc2-c2ccccc21. The average molecular weight is 433 g/mol. The summed E-state index contributed by atoms with van der Waals surface area (Å²) < 4.78 is 0. The maximum absolute atomic E-state index is 6.61. The highest BCUT2D eigenvalue weighted by Crippen LogP contribution is 2.62. The molecule has 0 N–H and O–H groups in total. The van der Waals surface area contributed by atoms with Gasteiger partial charge in [0.2, 0.25) is 0 Å². The Hall–Kier alpha value is -3.00. The van der Waals surface area contributed by atoms with E-state index in [9.17, 15) is 0 Å². The van der Waals surface area contributed by atoms with Crippen LogP contribution in [0.3, 0.4) is 0 Å². The molecule has 0 nitrogen and oxygen atoms in total. The fourth-order valence-electron chi connectivity index (χ4n) is 5.56. The van der Waals surface area contributed by atoms with E-state index in [2.05, 4.69) is 97.1 Å². The van der Waals surface area contributed by atoms with Gasteiger partial charge in [-0.05, 0) is 74.5 Å². The van der Waals surface area contributed by atoms with E-state index in [1.807, 2.05) is 17.8 Å². The van der Waals surface area contributed by atoms with Crippen molar-refractivity contribution in [3.63, 3.8) is 0 Å². The fourth-order valence-corrected chi connectivity index (χ4v) is 6.94. The van der Waals surface area contributed by atoms with E-state index in [-0.39, 0.29) is 5.41 Å². The largest absolute Gasteiger partial charge is 0.0894 e. The average Bonchev–Trinajstić information content (AvgIpc) is 3.10. The predicted octanol–water partition coefficient (Wildman–Crippen LogP) is 8.32. The van der Waals surface area contributed by atoms with E-state index >= 15 is 0 Å². The highest BCUT2D eigenvalue weighted by atomic mass is 35.5. The third-order valence-corrected chi connectivity index (χ3v) is 8.14. The molecule has 7 rings (SSSR count). The first-order chi connectivity index (χ1) is 15.3. The van der Waals surface area contributed by atoms with E-state index in [0.29, 0.717) is 0 Å². The summed E-state index contributed by atoms with van der Waals surface area (Å²) in [5.74, 6) is 0. The fraction of sp³-hybridized carbons (Fsp3) is 0.0345. The van der Waals surface area contributed by atoms with Crippen molar-refractivity contribution in [1.82, 2.24) is 0 Å². The van der Waals surface area contributed by atoms with Crippen LogP contribution < -0.4 is 0 Å². The first-order valence-electron chi connectivity index (χ1n) is 10.5. The van der Waals surface area contributed by atoms with E-state index in [4.69, 9.17) is 11.6 Å². The number of fused-ring (bicyclic) bond motifs is 10. The summed E-state index contributed by atoms with van der Waals surface area (Å²) >= 11 is 8.46. The molecule has 146 valence electrons. The lowest BCUT2D eigenvalue weighted by Crippen LogP contribution is -2.32. The lowest BCUT2D eigenvalue weighted by Gasteiger charge is -2.40. The molecule has 31 heavy (non-hydrogen) atoms. The maximum atomic E-state index is 6.61. The minimum absolute atomic E-state index is 0.363. The lowest BCUT2D eigenvalue weighted by molar-refractivity contribution is 0.724. The van der Waals surface area contributed by atoms with Gasteiger partial charge in [-0.3, -0.25) is 0 Å². The summed E-state index contributed by atoms with van der Waals surface area (Å²) in [6.45, 7) is 0. The standard InChI is InChI=1S/C29H17ClS/c30-20-13-14-27-26(17-20)29(25-15-18-7-1-2-8-19(18)16-28(25)31-27)23-11-5-3-9-21(23)22-10-4-6-12-24(22)29/h1-17H. The van der Waals surface area contributed by atoms with Gasteiger partial charge in [-0.1, -0.05) is 96.2 Å². The summed E-state index contributed by atoms with van der Waals surface area (Å²) in [6.07, 6.45) is 0. The van der Waals surface area contributed by atoms with Gasteiger partial charge in [-0.15, -0.1) is 0 Å². The molecule has 1 spiro atoms. The zero-order chi connectivity index (χ0) is 20.6. The summed E-state index contributed by atoms with van der Waals surface area (Å²) in [5, 5.41) is 3.33. The van der Waals surface area contributed by atoms with Crippen LogP contribution in [0.1, 0.15) is 22.3 Å². The molecule has 0 saturated carbocycles. The molecule has 0 aromatic heterocycles. The molecule has 5 aromatic rings. The van der Waals surface area contributed by atoms with Crippen LogP contribution >= 0.6 is 23.4 Å². The Kier molecular flexibility index (Phi) is 3.57. The Morgan fingerprint density at radius 3 is 1.81 bits per heavy atom. The second-order valence-corrected chi connectivity index (χ2v) is 9.80. The zero-order valence-electron chi connectivity index (χ0n) is 16.6. The minimum atomic E-state index is -0.363. The molecule has 1 aliphatic heterocycles. The Bertz CT molecular complexity index is 1490. The predicted molar refractivity (Wildman–Crippen MR) is 130 cm³/mol. The van der Waals surface area contributed by atoms with Crippen LogP contribution in [0, 0.1) is 0 Å². The van der Waals surface area contributed by atoms with Crippen molar-refractivity contribution in [2.45, 2.75) is 15.2 Å². The molecule has 0 atom stereocenters. The van der Waals surface area contributed by atoms with Gasteiger partial charge >= 0.3 is 0 Å². The molecule has 0 fully saturated rings. The highest BCUT2D eigenvalue weighted by molar-refractivity contribution is 7.99. The molecule has 0 saturated heterocycles. The van der Waals surface area contributed by atoms with Crippen LogP contribution in [-0.4, -0.2) is 0 Å². The third-order valence-electron chi connectivity index (χ3n) is 6.77. The van der Waals surface area contributed by atoms with Crippen molar-refractivity contribution in [2.24, 2.45) is 0 Å². The van der Waals surface area contributed by atoms with Gasteiger partial charge in [0.25, 0.3) is 0 Å². The Balaban J connectivity index is 1.72. The minimum Gasteiger partial charge on any atom is -0.0894 e. The highest BCUT2D eigenvalue weighted by Gasteiger charge is 2.50. The van der Waals surface area contributed by atoms with Crippen LogP contribution in [0.25, 0.3) is 21.9 Å². The van der Waals surface area contributed by atoms with Gasteiger partial charge in [0.1, 0.15) is 0 Å². The van der Waals surface area contributed by atoms with Crippen molar-refractivity contribution < 1.29 is 0 Å². The van der Waals surface area contributed by atoms with E-state index in [0.717, 1.165) is 5.02 Å². The maximum Gasteiger partial charge on any atom is 0.0736 e. The van der Waals surface area contributed by atoms with Gasteiger partial charge in [0, 0.05) is 14.8 Å². The molecule has 0 bridgehead atoms. The smallest absolute Gasteiger partial charge is 0.0736 e. The summed E-state index contributed by atoms with van der Waals surface area (Å²) in [7, 11) is 0. The summed E-state index contributed by atoms with van der Waals surface area (Å²) in [4.78, 5) is 2.60. The van der Waals surface area contributed by atoms with E-state index < -0.39 is 0 Å². The Morgan fingerprint density at radius 2 is 1.10 bits per heavy atom. The van der Waals surface area contributed by atoms with Gasteiger partial charge < -0.3 is 0 Å². The molecule has 5 aromatic carbocycles. The molecule has 0 radical (unpaired) electrons. The molecular weight excluding hydrogens is 416 g/mol. The first-order valence-corrected chi connectivity index (χ1v) is 11.7. The second kappa shape index (κ2) is 6.26. The number of halogens is 1.